The van der Waals surface area contributed by atoms with Crippen LogP contribution in [0, 0.1) is 5.92 Å². The smallest absolute Gasteiger partial charge is 0.000208 e. The number of nitrogens with zero attached hydrogens (tertiary/aromatic N) is 1. The van der Waals surface area contributed by atoms with Crippen molar-refractivity contribution < 1.29 is 0 Å². The zero-order valence-electron chi connectivity index (χ0n) is 10.1. The average molecular weight is 311 g/mol. The van der Waals surface area contributed by atoms with Gasteiger partial charge < -0.3 is 4.90 Å². The molecule has 1 unspecified atom stereocenters. The van der Waals surface area contributed by atoms with E-state index < -0.39 is 0 Å². The molecule has 0 aliphatic heterocycles. The lowest BCUT2D eigenvalue weighted by atomic mass is 9.97. The van der Waals surface area contributed by atoms with E-state index in [0.29, 0.717) is 0 Å². The van der Waals surface area contributed by atoms with E-state index in [1.165, 1.54) is 49.6 Å². The van der Waals surface area contributed by atoms with Crippen LogP contribution < -0.4 is 0 Å². The quantitative estimate of drug-likeness (QED) is 0.460. The Labute approximate surface area is 104 Å². The lowest BCUT2D eigenvalue weighted by Crippen LogP contribution is -2.22. The first-order valence-corrected chi connectivity index (χ1v) is 7.51. The van der Waals surface area contributed by atoms with Crippen LogP contribution in [0.3, 0.4) is 0 Å². The molecule has 1 atom stereocenters. The number of alkyl halides is 1. The minimum Gasteiger partial charge on any atom is -0.306 e. The van der Waals surface area contributed by atoms with Crippen LogP contribution in [-0.2, 0) is 0 Å². The van der Waals surface area contributed by atoms with Gasteiger partial charge in [0.1, 0.15) is 0 Å². The lowest BCUT2D eigenvalue weighted by molar-refractivity contribution is 0.291. The van der Waals surface area contributed by atoms with E-state index in [1.807, 2.05) is 0 Å². The second-order valence-electron chi connectivity index (χ2n) is 4.22. The van der Waals surface area contributed by atoms with Crippen LogP contribution in [0.1, 0.15) is 46.0 Å². The first-order valence-electron chi connectivity index (χ1n) is 5.99. The molecule has 0 saturated heterocycles. The summed E-state index contributed by atoms with van der Waals surface area (Å²) in [6.45, 7) is 7.10. The van der Waals surface area contributed by atoms with Crippen LogP contribution in [0.2, 0.25) is 0 Å². The Kier molecular flexibility index (Phi) is 10.7. The minimum atomic E-state index is 0.969. The highest BCUT2D eigenvalue weighted by molar-refractivity contribution is 14.1. The van der Waals surface area contributed by atoms with Crippen LogP contribution in [0.5, 0.6) is 0 Å². The molecule has 0 fully saturated rings. The fourth-order valence-corrected chi connectivity index (χ4v) is 2.77. The molecule has 0 spiro atoms. The Morgan fingerprint density at radius 1 is 1.00 bits per heavy atom. The summed E-state index contributed by atoms with van der Waals surface area (Å²) >= 11 is 2.50. The maximum Gasteiger partial charge on any atom is -0.000208 e. The van der Waals surface area contributed by atoms with Crippen molar-refractivity contribution in [3.05, 3.63) is 0 Å². The molecule has 14 heavy (non-hydrogen) atoms. The van der Waals surface area contributed by atoms with Crippen molar-refractivity contribution in [3.63, 3.8) is 0 Å². The van der Waals surface area contributed by atoms with E-state index in [9.17, 15) is 0 Å². The van der Waals surface area contributed by atoms with Crippen molar-refractivity contribution in [2.45, 2.75) is 46.0 Å². The van der Waals surface area contributed by atoms with Gasteiger partial charge in [-0.1, -0.05) is 49.3 Å². The summed E-state index contributed by atoms with van der Waals surface area (Å²) in [6.07, 6.45) is 6.85. The summed E-state index contributed by atoms with van der Waals surface area (Å²) in [7, 11) is 2.25. The van der Waals surface area contributed by atoms with Crippen LogP contribution in [0.4, 0.5) is 0 Å². The third kappa shape index (κ3) is 8.04. The van der Waals surface area contributed by atoms with Gasteiger partial charge in [-0.05, 0) is 49.7 Å². The zero-order chi connectivity index (χ0) is 10.8. The van der Waals surface area contributed by atoms with Gasteiger partial charge in [0.2, 0.25) is 0 Å². The van der Waals surface area contributed by atoms with E-state index in [0.717, 1.165) is 5.92 Å². The normalized spacial score (nSPS) is 13.5. The summed E-state index contributed by atoms with van der Waals surface area (Å²) in [5.74, 6) is 0.969. The van der Waals surface area contributed by atoms with E-state index in [2.05, 4.69) is 48.4 Å². The molecule has 0 aromatic heterocycles. The first kappa shape index (κ1) is 14.7. The van der Waals surface area contributed by atoms with Gasteiger partial charge in [0.25, 0.3) is 0 Å². The molecule has 0 aromatic rings. The van der Waals surface area contributed by atoms with E-state index >= 15 is 0 Å². The molecule has 0 saturated carbocycles. The predicted molar refractivity (Wildman–Crippen MR) is 74.3 cm³/mol. The van der Waals surface area contributed by atoms with E-state index in [4.69, 9.17) is 0 Å². The van der Waals surface area contributed by atoms with Crippen molar-refractivity contribution in [2.75, 3.05) is 24.6 Å². The fraction of sp³-hybridized carbons (Fsp3) is 1.00. The van der Waals surface area contributed by atoms with Gasteiger partial charge in [0.05, 0.1) is 0 Å². The van der Waals surface area contributed by atoms with Crippen LogP contribution in [0.15, 0.2) is 0 Å². The predicted octanol–water partition coefficient (Wildman–Crippen LogP) is 3.96. The van der Waals surface area contributed by atoms with E-state index in [-0.39, 0.29) is 0 Å². The molecule has 0 amide bonds. The Hall–Kier alpha value is 0.690. The van der Waals surface area contributed by atoms with Gasteiger partial charge in [-0.3, -0.25) is 0 Å². The summed E-state index contributed by atoms with van der Waals surface area (Å²) in [6, 6.07) is 0. The number of hydrogen-bond acceptors (Lipinski definition) is 1. The molecular weight excluding hydrogens is 285 g/mol. The van der Waals surface area contributed by atoms with Gasteiger partial charge in [-0.2, -0.15) is 0 Å². The molecule has 0 radical (unpaired) electrons. The SMILES string of the molecule is CCCC(CCI)CCN(C)CCC. The molecular formula is C12H26IN. The molecule has 0 aromatic carbocycles. The summed E-state index contributed by atoms with van der Waals surface area (Å²) in [4.78, 5) is 2.47. The monoisotopic (exact) mass is 311 g/mol. The molecule has 0 rings (SSSR count). The van der Waals surface area contributed by atoms with Crippen molar-refractivity contribution in [1.82, 2.24) is 4.90 Å². The molecule has 0 aliphatic rings. The Balaban J connectivity index is 3.57. The summed E-state index contributed by atoms with van der Waals surface area (Å²) in [5, 5.41) is 0. The van der Waals surface area contributed by atoms with Crippen LogP contribution >= 0.6 is 22.6 Å². The zero-order valence-corrected chi connectivity index (χ0v) is 12.2. The molecule has 0 aliphatic carbocycles. The number of halogens is 1. The second kappa shape index (κ2) is 10.2. The topological polar surface area (TPSA) is 3.24 Å². The Bertz CT molecular complexity index is 111. The molecule has 1 nitrogen and oxygen atoms in total. The highest BCUT2D eigenvalue weighted by Gasteiger charge is 2.07. The van der Waals surface area contributed by atoms with Crippen molar-refractivity contribution in [3.8, 4) is 0 Å². The van der Waals surface area contributed by atoms with Gasteiger partial charge in [0, 0.05) is 0 Å². The minimum absolute atomic E-state index is 0.969. The molecule has 0 bridgehead atoms. The number of rotatable bonds is 9. The lowest BCUT2D eigenvalue weighted by Gasteiger charge is -2.20. The van der Waals surface area contributed by atoms with Gasteiger partial charge in [0.15, 0.2) is 0 Å². The van der Waals surface area contributed by atoms with Crippen LogP contribution in [0.25, 0.3) is 0 Å². The van der Waals surface area contributed by atoms with Gasteiger partial charge in [-0.25, -0.2) is 0 Å². The molecule has 0 N–H and O–H groups in total. The van der Waals surface area contributed by atoms with Crippen molar-refractivity contribution >= 4 is 22.6 Å². The van der Waals surface area contributed by atoms with Gasteiger partial charge in [-0.15, -0.1) is 0 Å². The number of hydrogen-bond donors (Lipinski definition) is 0. The second-order valence-corrected chi connectivity index (χ2v) is 5.30. The van der Waals surface area contributed by atoms with Gasteiger partial charge >= 0.3 is 0 Å². The highest BCUT2D eigenvalue weighted by Crippen LogP contribution is 2.17. The van der Waals surface area contributed by atoms with Crippen molar-refractivity contribution in [2.24, 2.45) is 5.92 Å². The maximum absolute atomic E-state index is 2.50. The molecule has 86 valence electrons. The third-order valence-corrected chi connectivity index (χ3v) is 3.36. The molecule has 2 heteroatoms. The fourth-order valence-electron chi connectivity index (χ4n) is 1.89. The Morgan fingerprint density at radius 2 is 1.71 bits per heavy atom. The summed E-state index contributed by atoms with van der Waals surface area (Å²) < 4.78 is 1.32. The van der Waals surface area contributed by atoms with E-state index in [1.54, 1.807) is 0 Å². The van der Waals surface area contributed by atoms with Crippen molar-refractivity contribution in [1.29, 1.82) is 0 Å². The van der Waals surface area contributed by atoms with Crippen LogP contribution in [-0.4, -0.2) is 29.5 Å². The standard InChI is InChI=1S/C12H26IN/c1-4-6-12(7-9-13)8-11-14(3)10-5-2/h12H,4-11H2,1-3H3. The third-order valence-electron chi connectivity index (χ3n) is 2.74. The highest BCUT2D eigenvalue weighted by atomic mass is 127. The average Bonchev–Trinajstić information content (AvgIpc) is 2.15. The largest absolute Gasteiger partial charge is 0.306 e. The maximum atomic E-state index is 2.50. The summed E-state index contributed by atoms with van der Waals surface area (Å²) in [5.41, 5.74) is 0. The first-order chi connectivity index (χ1) is 6.74. The molecule has 0 heterocycles. The Morgan fingerprint density at radius 3 is 2.21 bits per heavy atom.